The SMILES string of the molecule is O=C(Nc1nnc(C2CC2)s1)N1[C@@H]2CC[C@H]1c1ccnc(F)c1C2. The van der Waals surface area contributed by atoms with Crippen LogP contribution < -0.4 is 5.32 Å². The van der Waals surface area contributed by atoms with Gasteiger partial charge in [0.25, 0.3) is 0 Å². The van der Waals surface area contributed by atoms with E-state index in [0.29, 0.717) is 23.0 Å². The summed E-state index contributed by atoms with van der Waals surface area (Å²) in [5.41, 5.74) is 1.56. The molecule has 1 N–H and O–H groups in total. The molecule has 24 heavy (non-hydrogen) atoms. The fraction of sp³-hybridized carbons (Fsp3) is 0.500. The van der Waals surface area contributed by atoms with Gasteiger partial charge < -0.3 is 4.90 Å². The molecule has 6 nitrogen and oxygen atoms in total. The Kier molecular flexibility index (Phi) is 3.09. The second-order valence-corrected chi connectivity index (χ2v) is 7.69. The number of halogens is 1. The van der Waals surface area contributed by atoms with Crippen molar-refractivity contribution in [2.45, 2.75) is 50.1 Å². The van der Waals surface area contributed by atoms with Crippen molar-refractivity contribution in [3.05, 3.63) is 34.3 Å². The standard InChI is InChI=1S/C16H16FN5OS/c17-13-11-7-9-3-4-12(10(11)5-6-18-13)22(9)16(23)19-15-21-20-14(24-15)8-1-2-8/h5-6,8-9,12H,1-4,7H2,(H,19,21,23)/t9-,12+/m1/s1. The van der Waals surface area contributed by atoms with Gasteiger partial charge in [-0.15, -0.1) is 10.2 Å². The number of carbonyl (C=O) groups excluding carboxylic acids is 1. The molecule has 2 amide bonds. The van der Waals surface area contributed by atoms with E-state index in [1.807, 2.05) is 11.0 Å². The van der Waals surface area contributed by atoms with Gasteiger partial charge in [-0.3, -0.25) is 5.32 Å². The Morgan fingerprint density at radius 1 is 1.29 bits per heavy atom. The molecule has 2 aromatic heterocycles. The molecule has 4 heterocycles. The van der Waals surface area contributed by atoms with Crippen LogP contribution in [0.3, 0.4) is 0 Å². The molecule has 1 saturated carbocycles. The smallest absolute Gasteiger partial charge is 0.314 e. The van der Waals surface area contributed by atoms with Crippen LogP contribution in [0.1, 0.15) is 53.8 Å². The predicted octanol–water partition coefficient (Wildman–Crippen LogP) is 3.24. The first-order chi connectivity index (χ1) is 11.7. The Hall–Kier alpha value is -2.09. The normalized spacial score (nSPS) is 24.8. The fourth-order valence-electron chi connectivity index (χ4n) is 3.86. The molecule has 0 radical (unpaired) electrons. The molecule has 1 saturated heterocycles. The summed E-state index contributed by atoms with van der Waals surface area (Å²) in [6, 6.07) is 1.62. The van der Waals surface area contributed by atoms with Gasteiger partial charge in [-0.05, 0) is 43.7 Å². The van der Waals surface area contributed by atoms with Crippen LogP contribution in [0.25, 0.3) is 0 Å². The Morgan fingerprint density at radius 3 is 3.00 bits per heavy atom. The summed E-state index contributed by atoms with van der Waals surface area (Å²) in [4.78, 5) is 18.4. The molecule has 0 unspecified atom stereocenters. The molecule has 5 rings (SSSR count). The minimum absolute atomic E-state index is 0.0250. The van der Waals surface area contributed by atoms with E-state index in [1.165, 1.54) is 17.5 Å². The summed E-state index contributed by atoms with van der Waals surface area (Å²) in [6.07, 6.45) is 6.08. The fourth-order valence-corrected chi connectivity index (χ4v) is 4.77. The van der Waals surface area contributed by atoms with Gasteiger partial charge in [0.05, 0.1) is 6.04 Å². The summed E-state index contributed by atoms with van der Waals surface area (Å²) < 4.78 is 14.0. The number of hydrogen-bond acceptors (Lipinski definition) is 5. The Morgan fingerprint density at radius 2 is 2.17 bits per heavy atom. The summed E-state index contributed by atoms with van der Waals surface area (Å²) >= 11 is 1.46. The summed E-state index contributed by atoms with van der Waals surface area (Å²) in [5.74, 6) is 0.129. The highest BCUT2D eigenvalue weighted by atomic mass is 32.1. The first-order valence-electron chi connectivity index (χ1n) is 8.26. The zero-order valence-corrected chi connectivity index (χ0v) is 13.7. The van der Waals surface area contributed by atoms with Crippen LogP contribution in [0.5, 0.6) is 0 Å². The molecule has 124 valence electrons. The molecular formula is C16H16FN5OS. The molecular weight excluding hydrogens is 329 g/mol. The van der Waals surface area contributed by atoms with Gasteiger partial charge in [-0.1, -0.05) is 11.3 Å². The number of hydrogen-bond donors (Lipinski definition) is 1. The van der Waals surface area contributed by atoms with Crippen LogP contribution in [-0.4, -0.2) is 32.2 Å². The first kappa shape index (κ1) is 14.3. The third-order valence-corrected chi connectivity index (χ3v) is 6.16. The molecule has 0 aromatic carbocycles. The Bertz CT molecular complexity index is 821. The number of nitrogens with one attached hydrogen (secondary N) is 1. The number of urea groups is 1. The maximum Gasteiger partial charge on any atom is 0.324 e. The molecule has 2 atom stereocenters. The summed E-state index contributed by atoms with van der Waals surface area (Å²) in [6.45, 7) is 0. The highest BCUT2D eigenvalue weighted by Crippen LogP contribution is 2.45. The van der Waals surface area contributed by atoms with Crippen molar-refractivity contribution in [1.82, 2.24) is 20.1 Å². The number of pyridine rings is 1. The lowest BCUT2D eigenvalue weighted by Gasteiger charge is -2.35. The molecule has 1 aliphatic carbocycles. The average Bonchev–Trinajstić information content (AvgIpc) is 3.24. The van der Waals surface area contributed by atoms with Gasteiger partial charge in [0.2, 0.25) is 11.1 Å². The number of fused-ring (bicyclic) bond motifs is 4. The summed E-state index contributed by atoms with van der Waals surface area (Å²) in [5, 5.41) is 12.7. The predicted molar refractivity (Wildman–Crippen MR) is 86.4 cm³/mol. The number of carbonyl (C=O) groups is 1. The molecule has 2 aliphatic heterocycles. The highest BCUT2D eigenvalue weighted by Gasteiger charge is 2.44. The number of amides is 2. The quantitative estimate of drug-likeness (QED) is 0.848. The maximum atomic E-state index is 14.0. The number of nitrogens with zero attached hydrogens (tertiary/aromatic N) is 4. The van der Waals surface area contributed by atoms with Gasteiger partial charge >= 0.3 is 6.03 Å². The van der Waals surface area contributed by atoms with E-state index < -0.39 is 5.95 Å². The van der Waals surface area contributed by atoms with E-state index in [2.05, 4.69) is 20.5 Å². The molecule has 0 spiro atoms. The van der Waals surface area contributed by atoms with Crippen LogP contribution in [-0.2, 0) is 6.42 Å². The van der Waals surface area contributed by atoms with E-state index in [0.717, 1.165) is 36.3 Å². The zero-order chi connectivity index (χ0) is 16.3. The van der Waals surface area contributed by atoms with E-state index in [1.54, 1.807) is 0 Å². The Balaban J connectivity index is 1.39. The summed E-state index contributed by atoms with van der Waals surface area (Å²) in [7, 11) is 0. The first-order valence-corrected chi connectivity index (χ1v) is 9.08. The van der Waals surface area contributed by atoms with Crippen molar-refractivity contribution < 1.29 is 9.18 Å². The van der Waals surface area contributed by atoms with Gasteiger partial charge in [0, 0.05) is 23.7 Å². The lowest BCUT2D eigenvalue weighted by Crippen LogP contribution is -2.44. The topological polar surface area (TPSA) is 71.0 Å². The van der Waals surface area contributed by atoms with Crippen LogP contribution in [0.2, 0.25) is 0 Å². The van der Waals surface area contributed by atoms with E-state index >= 15 is 0 Å². The average molecular weight is 345 g/mol. The van der Waals surface area contributed by atoms with Gasteiger partial charge in [-0.25, -0.2) is 9.78 Å². The van der Waals surface area contributed by atoms with Crippen molar-refractivity contribution in [1.29, 1.82) is 0 Å². The van der Waals surface area contributed by atoms with Crippen molar-refractivity contribution >= 4 is 22.5 Å². The van der Waals surface area contributed by atoms with Crippen LogP contribution in [0.4, 0.5) is 14.3 Å². The van der Waals surface area contributed by atoms with Crippen molar-refractivity contribution in [3.63, 3.8) is 0 Å². The molecule has 2 bridgehead atoms. The van der Waals surface area contributed by atoms with Gasteiger partial charge in [-0.2, -0.15) is 4.39 Å². The monoisotopic (exact) mass is 345 g/mol. The molecule has 3 aliphatic rings. The Labute approximate surface area is 142 Å². The second-order valence-electron chi connectivity index (χ2n) is 6.68. The van der Waals surface area contributed by atoms with Crippen LogP contribution in [0.15, 0.2) is 12.3 Å². The largest absolute Gasteiger partial charge is 0.324 e. The third kappa shape index (κ3) is 2.20. The lowest BCUT2D eigenvalue weighted by atomic mass is 9.95. The maximum absolute atomic E-state index is 14.0. The molecule has 8 heteroatoms. The van der Waals surface area contributed by atoms with Gasteiger partial charge in [0.15, 0.2) is 0 Å². The minimum Gasteiger partial charge on any atom is -0.314 e. The van der Waals surface area contributed by atoms with E-state index in [-0.39, 0.29) is 18.1 Å². The lowest BCUT2D eigenvalue weighted by molar-refractivity contribution is 0.178. The van der Waals surface area contributed by atoms with Crippen LogP contribution in [0, 0.1) is 5.95 Å². The zero-order valence-electron chi connectivity index (χ0n) is 12.9. The second kappa shape index (κ2) is 5.20. The van der Waals surface area contributed by atoms with E-state index in [4.69, 9.17) is 0 Å². The minimum atomic E-state index is -0.400. The third-order valence-electron chi connectivity index (χ3n) is 5.16. The number of anilines is 1. The number of aromatic nitrogens is 3. The van der Waals surface area contributed by atoms with Gasteiger partial charge in [0.1, 0.15) is 5.01 Å². The van der Waals surface area contributed by atoms with Crippen molar-refractivity contribution in [2.24, 2.45) is 0 Å². The van der Waals surface area contributed by atoms with E-state index in [9.17, 15) is 9.18 Å². The van der Waals surface area contributed by atoms with Crippen molar-refractivity contribution in [2.75, 3.05) is 5.32 Å². The molecule has 2 fully saturated rings. The van der Waals surface area contributed by atoms with Crippen LogP contribution >= 0.6 is 11.3 Å². The molecule has 2 aromatic rings. The highest BCUT2D eigenvalue weighted by molar-refractivity contribution is 7.15. The number of rotatable bonds is 2. The van der Waals surface area contributed by atoms with Crippen molar-refractivity contribution in [3.8, 4) is 0 Å².